The van der Waals surface area contributed by atoms with E-state index in [4.69, 9.17) is 9.47 Å². The van der Waals surface area contributed by atoms with Crippen molar-refractivity contribution in [3.05, 3.63) is 24.3 Å². The molecule has 4 heteroatoms. The van der Waals surface area contributed by atoms with E-state index in [1.807, 2.05) is 38.1 Å². The van der Waals surface area contributed by atoms with Crippen LogP contribution in [-0.2, 0) is 9.53 Å². The maximum absolute atomic E-state index is 11.8. The Morgan fingerprint density at radius 3 is 2.78 bits per heavy atom. The van der Waals surface area contributed by atoms with Crippen LogP contribution in [0.2, 0.25) is 0 Å². The number of hydrogen-bond acceptors (Lipinski definition) is 4. The van der Waals surface area contributed by atoms with Gasteiger partial charge < -0.3 is 14.8 Å². The Kier molecular flexibility index (Phi) is 6.05. The number of benzene rings is 1. The van der Waals surface area contributed by atoms with E-state index >= 15 is 0 Å². The van der Waals surface area contributed by atoms with Gasteiger partial charge >= 0.3 is 5.97 Å². The molecule has 0 bridgehead atoms. The molecule has 0 fully saturated rings. The predicted molar refractivity (Wildman–Crippen MR) is 71.9 cm³/mol. The Morgan fingerprint density at radius 2 is 2.17 bits per heavy atom. The lowest BCUT2D eigenvalue weighted by molar-refractivity contribution is -0.144. The van der Waals surface area contributed by atoms with Gasteiger partial charge in [-0.2, -0.15) is 0 Å². The number of esters is 1. The highest BCUT2D eigenvalue weighted by Crippen LogP contribution is 2.18. The van der Waals surface area contributed by atoms with Crippen LogP contribution in [-0.4, -0.2) is 25.7 Å². The van der Waals surface area contributed by atoms with Gasteiger partial charge in [0.15, 0.2) is 0 Å². The molecule has 0 aliphatic rings. The molecule has 0 aromatic heterocycles. The number of nitrogens with one attached hydrogen (secondary N) is 1. The fraction of sp³-hybridized carbons (Fsp3) is 0.500. The summed E-state index contributed by atoms with van der Waals surface area (Å²) in [5.41, 5.74) is 0.862. The third-order valence-electron chi connectivity index (χ3n) is 2.56. The first-order valence-corrected chi connectivity index (χ1v) is 6.28. The summed E-state index contributed by atoms with van der Waals surface area (Å²) in [5, 5.41) is 3.18. The van der Waals surface area contributed by atoms with Gasteiger partial charge in [-0.1, -0.05) is 19.4 Å². The van der Waals surface area contributed by atoms with Crippen molar-refractivity contribution < 1.29 is 14.3 Å². The molecular weight excluding hydrogens is 230 g/mol. The average Bonchev–Trinajstić information content (AvgIpc) is 2.39. The van der Waals surface area contributed by atoms with Crippen LogP contribution in [0.1, 0.15) is 26.7 Å². The van der Waals surface area contributed by atoms with Gasteiger partial charge in [-0.15, -0.1) is 0 Å². The van der Waals surface area contributed by atoms with Crippen molar-refractivity contribution in [3.8, 4) is 5.75 Å². The monoisotopic (exact) mass is 251 g/mol. The lowest BCUT2D eigenvalue weighted by Gasteiger charge is -2.18. The predicted octanol–water partition coefficient (Wildman–Crippen LogP) is 2.84. The van der Waals surface area contributed by atoms with E-state index in [0.717, 1.165) is 24.3 Å². The van der Waals surface area contributed by atoms with Crippen molar-refractivity contribution in [1.82, 2.24) is 0 Å². The summed E-state index contributed by atoms with van der Waals surface area (Å²) in [5.74, 6) is 0.557. The van der Waals surface area contributed by atoms with Crippen LogP contribution in [0.25, 0.3) is 0 Å². The summed E-state index contributed by atoms with van der Waals surface area (Å²) in [7, 11) is 1.62. The minimum atomic E-state index is -0.304. The number of hydrogen-bond donors (Lipinski definition) is 1. The highest BCUT2D eigenvalue weighted by Gasteiger charge is 2.18. The fourth-order valence-corrected chi connectivity index (χ4v) is 1.69. The zero-order chi connectivity index (χ0) is 13.4. The van der Waals surface area contributed by atoms with Gasteiger partial charge in [-0.25, -0.2) is 4.79 Å². The van der Waals surface area contributed by atoms with E-state index in [0.29, 0.717) is 6.61 Å². The third kappa shape index (κ3) is 4.28. The largest absolute Gasteiger partial charge is 0.497 e. The van der Waals surface area contributed by atoms with Crippen molar-refractivity contribution in [2.24, 2.45) is 0 Å². The summed E-state index contributed by atoms with van der Waals surface area (Å²) in [6.07, 6.45) is 1.66. The highest BCUT2D eigenvalue weighted by atomic mass is 16.5. The topological polar surface area (TPSA) is 47.6 Å². The first-order valence-electron chi connectivity index (χ1n) is 6.28. The van der Waals surface area contributed by atoms with E-state index in [9.17, 15) is 4.79 Å². The molecule has 1 aromatic rings. The van der Waals surface area contributed by atoms with E-state index in [1.54, 1.807) is 7.11 Å². The van der Waals surface area contributed by atoms with Crippen LogP contribution in [0.3, 0.4) is 0 Å². The van der Waals surface area contributed by atoms with Gasteiger partial charge in [0.1, 0.15) is 11.8 Å². The van der Waals surface area contributed by atoms with Crippen molar-refractivity contribution in [2.45, 2.75) is 32.7 Å². The Labute approximate surface area is 108 Å². The molecule has 0 amide bonds. The molecule has 1 rings (SSSR count). The number of ether oxygens (including phenoxy) is 2. The van der Waals surface area contributed by atoms with E-state index < -0.39 is 0 Å². The van der Waals surface area contributed by atoms with Crippen LogP contribution in [0.5, 0.6) is 5.75 Å². The van der Waals surface area contributed by atoms with Crippen LogP contribution >= 0.6 is 0 Å². The molecule has 0 aliphatic heterocycles. The first-order chi connectivity index (χ1) is 8.71. The van der Waals surface area contributed by atoms with Gasteiger partial charge in [0.05, 0.1) is 13.7 Å². The Bertz CT molecular complexity index is 379. The summed E-state index contributed by atoms with van der Waals surface area (Å²) < 4.78 is 10.2. The lowest BCUT2D eigenvalue weighted by Crippen LogP contribution is -2.31. The van der Waals surface area contributed by atoms with Crippen molar-refractivity contribution in [1.29, 1.82) is 0 Å². The SMILES string of the molecule is CCCC(Nc1cccc(OC)c1)C(=O)OCC. The van der Waals surface area contributed by atoms with Gasteiger partial charge in [-0.05, 0) is 25.5 Å². The second-order valence-corrected chi connectivity index (χ2v) is 3.97. The summed E-state index contributed by atoms with van der Waals surface area (Å²) >= 11 is 0. The Hall–Kier alpha value is -1.71. The maximum Gasteiger partial charge on any atom is 0.328 e. The van der Waals surface area contributed by atoms with Crippen LogP contribution in [0, 0.1) is 0 Å². The molecule has 0 saturated carbocycles. The number of carbonyl (C=O) groups is 1. The third-order valence-corrected chi connectivity index (χ3v) is 2.56. The van der Waals surface area contributed by atoms with Crippen LogP contribution in [0.15, 0.2) is 24.3 Å². The Balaban J connectivity index is 2.72. The van der Waals surface area contributed by atoms with E-state index in [2.05, 4.69) is 5.32 Å². The lowest BCUT2D eigenvalue weighted by atomic mass is 10.1. The number of rotatable bonds is 7. The maximum atomic E-state index is 11.8. The molecule has 0 aliphatic carbocycles. The highest BCUT2D eigenvalue weighted by molar-refractivity contribution is 5.79. The van der Waals surface area contributed by atoms with Gasteiger partial charge in [0.25, 0.3) is 0 Å². The minimum absolute atomic E-state index is 0.206. The second-order valence-electron chi connectivity index (χ2n) is 3.97. The molecule has 0 spiro atoms. The van der Waals surface area contributed by atoms with Gasteiger partial charge in [0.2, 0.25) is 0 Å². The summed E-state index contributed by atoms with van der Waals surface area (Å²) in [6, 6.07) is 7.22. The molecule has 0 saturated heterocycles. The van der Waals surface area contributed by atoms with Crippen LogP contribution < -0.4 is 10.1 Å². The van der Waals surface area contributed by atoms with Crippen molar-refractivity contribution >= 4 is 11.7 Å². The molecule has 1 atom stereocenters. The Morgan fingerprint density at radius 1 is 1.39 bits per heavy atom. The average molecular weight is 251 g/mol. The van der Waals surface area contributed by atoms with E-state index in [-0.39, 0.29) is 12.0 Å². The van der Waals surface area contributed by atoms with Crippen LogP contribution in [0.4, 0.5) is 5.69 Å². The molecule has 0 heterocycles. The number of methoxy groups -OCH3 is 1. The molecule has 1 aromatic carbocycles. The fourth-order valence-electron chi connectivity index (χ4n) is 1.69. The summed E-state index contributed by atoms with van der Waals surface area (Å²) in [4.78, 5) is 11.8. The van der Waals surface area contributed by atoms with Crippen molar-refractivity contribution in [2.75, 3.05) is 19.0 Å². The van der Waals surface area contributed by atoms with Gasteiger partial charge in [0, 0.05) is 11.8 Å². The normalized spacial score (nSPS) is 11.7. The van der Waals surface area contributed by atoms with E-state index in [1.165, 1.54) is 0 Å². The quantitative estimate of drug-likeness (QED) is 0.757. The molecule has 1 N–H and O–H groups in total. The first kappa shape index (κ1) is 14.4. The number of carbonyl (C=O) groups excluding carboxylic acids is 1. The molecule has 18 heavy (non-hydrogen) atoms. The van der Waals surface area contributed by atoms with Gasteiger partial charge in [-0.3, -0.25) is 0 Å². The second kappa shape index (κ2) is 7.58. The smallest absolute Gasteiger partial charge is 0.328 e. The molecular formula is C14H21NO3. The minimum Gasteiger partial charge on any atom is -0.497 e. The molecule has 0 radical (unpaired) electrons. The zero-order valence-electron chi connectivity index (χ0n) is 11.2. The summed E-state index contributed by atoms with van der Waals surface area (Å²) in [6.45, 7) is 4.25. The van der Waals surface area contributed by atoms with Crippen molar-refractivity contribution in [3.63, 3.8) is 0 Å². The standard InChI is InChI=1S/C14H21NO3/c1-4-7-13(14(16)18-5-2)15-11-8-6-9-12(10-11)17-3/h6,8-10,13,15H,4-5,7H2,1-3H3. The molecule has 4 nitrogen and oxygen atoms in total. The molecule has 1 unspecified atom stereocenters. The zero-order valence-corrected chi connectivity index (χ0v) is 11.2. The molecule has 100 valence electrons. The number of anilines is 1.